The number of hydrogen-bond acceptors (Lipinski definition) is 6. The number of carboxylic acids is 1. The number of alkyl halides is 2. The molecule has 2 fully saturated rings. The van der Waals surface area contributed by atoms with Crippen molar-refractivity contribution in [2.24, 2.45) is 18.4 Å². The number of rotatable bonds is 8. The smallest absolute Gasteiger partial charge is 0.310 e. The third kappa shape index (κ3) is 5.33. The molecule has 228 valence electrons. The van der Waals surface area contributed by atoms with Gasteiger partial charge in [-0.15, -0.1) is 5.10 Å². The van der Waals surface area contributed by atoms with Crippen LogP contribution in [0.2, 0.25) is 5.02 Å². The van der Waals surface area contributed by atoms with E-state index >= 15 is 0 Å². The van der Waals surface area contributed by atoms with Gasteiger partial charge in [0.05, 0.1) is 17.4 Å². The Hall–Kier alpha value is -3.28. The lowest BCUT2D eigenvalue weighted by molar-refractivity contribution is -0.162. The standard InChI is InChI=1S/C29H36ClF2N5O5/c1-16-7-10-23(38)37(16)14-21-24-17(11-13-36(21)27(39)18-6-4-5-12-29(18,2)28(40)41)19(30)8-9-22(24)42-15-20-25(26(31)32)35(3)34-33-20/h8-9,16,18,21,26H,4-7,10-15H2,1-3H3,(H,40,41)/t16-,18?,21+,29+/m0/s1. The average molecular weight is 608 g/mol. The summed E-state index contributed by atoms with van der Waals surface area (Å²) in [6.45, 7) is 3.78. The van der Waals surface area contributed by atoms with Crippen LogP contribution in [-0.2, 0) is 34.5 Å². The molecule has 0 spiro atoms. The third-order valence-corrected chi connectivity index (χ3v) is 9.72. The predicted molar refractivity (Wildman–Crippen MR) is 148 cm³/mol. The fraction of sp³-hybridized carbons (Fsp3) is 0.621. The summed E-state index contributed by atoms with van der Waals surface area (Å²) >= 11 is 6.66. The number of aryl methyl sites for hydroxylation is 1. The lowest BCUT2D eigenvalue weighted by Crippen LogP contribution is -2.53. The van der Waals surface area contributed by atoms with Gasteiger partial charge in [0.2, 0.25) is 11.8 Å². The van der Waals surface area contributed by atoms with Crippen LogP contribution in [0.3, 0.4) is 0 Å². The number of fused-ring (bicyclic) bond motifs is 1. The fourth-order valence-corrected chi connectivity index (χ4v) is 7.07. The van der Waals surface area contributed by atoms with Crippen molar-refractivity contribution >= 4 is 29.4 Å². The Bertz CT molecular complexity index is 1390. The molecule has 1 aromatic heterocycles. The number of amides is 2. The van der Waals surface area contributed by atoms with E-state index in [1.54, 1.807) is 28.9 Å². The summed E-state index contributed by atoms with van der Waals surface area (Å²) in [6, 6.07) is 2.59. The Morgan fingerprint density at radius 3 is 2.67 bits per heavy atom. The molecule has 1 saturated heterocycles. The number of nitrogens with zero attached hydrogens (tertiary/aromatic N) is 5. The minimum atomic E-state index is -2.80. The van der Waals surface area contributed by atoms with Gasteiger partial charge in [-0.05, 0) is 57.2 Å². The molecule has 1 unspecified atom stereocenters. The second-order valence-corrected chi connectivity index (χ2v) is 12.2. The van der Waals surface area contributed by atoms with E-state index in [9.17, 15) is 28.3 Å². The Kier molecular flexibility index (Phi) is 8.46. The van der Waals surface area contributed by atoms with Crippen LogP contribution in [-0.4, -0.2) is 66.8 Å². The number of hydrogen-bond donors (Lipinski definition) is 1. The summed E-state index contributed by atoms with van der Waals surface area (Å²) in [5.41, 5.74) is -0.223. The highest BCUT2D eigenvalue weighted by Crippen LogP contribution is 2.46. The topological polar surface area (TPSA) is 118 Å². The molecule has 10 nitrogen and oxygen atoms in total. The normalized spacial score (nSPS) is 26.1. The molecular formula is C29H36ClF2N5O5. The monoisotopic (exact) mass is 607 g/mol. The molecule has 1 N–H and O–H groups in total. The van der Waals surface area contributed by atoms with Crippen molar-refractivity contribution in [1.82, 2.24) is 24.8 Å². The molecule has 13 heteroatoms. The maximum atomic E-state index is 14.3. The number of likely N-dealkylation sites (tertiary alicyclic amines) is 1. The summed E-state index contributed by atoms with van der Waals surface area (Å²) in [5, 5.41) is 18.2. The number of aliphatic carboxylic acids is 1. The Morgan fingerprint density at radius 1 is 1.24 bits per heavy atom. The van der Waals surface area contributed by atoms with Crippen molar-refractivity contribution < 1.29 is 33.0 Å². The van der Waals surface area contributed by atoms with Crippen molar-refractivity contribution in [1.29, 1.82) is 0 Å². The van der Waals surface area contributed by atoms with Gasteiger partial charge in [-0.1, -0.05) is 29.7 Å². The zero-order valence-corrected chi connectivity index (χ0v) is 24.7. The van der Waals surface area contributed by atoms with E-state index < -0.39 is 29.8 Å². The van der Waals surface area contributed by atoms with E-state index in [1.165, 1.54) is 7.05 Å². The Labute approximate surface area is 247 Å². The molecule has 2 aromatic rings. The molecule has 1 aliphatic carbocycles. The highest BCUT2D eigenvalue weighted by Gasteiger charge is 2.50. The maximum absolute atomic E-state index is 14.3. The third-order valence-electron chi connectivity index (χ3n) is 9.36. The van der Waals surface area contributed by atoms with Crippen LogP contribution in [0.4, 0.5) is 8.78 Å². The van der Waals surface area contributed by atoms with E-state index in [2.05, 4.69) is 10.3 Å². The average Bonchev–Trinajstić information content (AvgIpc) is 3.49. The SMILES string of the molecule is C[C@H]1CCC(=O)N1C[C@@H]1c2c(OCc3nnn(C)c3C(F)F)ccc(Cl)c2CCN1C(=O)C1CCCC[C@@]1(C)C(=O)O. The van der Waals surface area contributed by atoms with Gasteiger partial charge in [-0.2, -0.15) is 0 Å². The van der Waals surface area contributed by atoms with Crippen LogP contribution < -0.4 is 4.74 Å². The van der Waals surface area contributed by atoms with Gasteiger partial charge < -0.3 is 19.6 Å². The lowest BCUT2D eigenvalue weighted by Gasteiger charge is -2.45. The number of carbonyl (C=O) groups is 3. The molecule has 1 saturated carbocycles. The Balaban J connectivity index is 1.55. The molecule has 0 radical (unpaired) electrons. The summed E-state index contributed by atoms with van der Waals surface area (Å²) in [5.74, 6) is -1.68. The van der Waals surface area contributed by atoms with Crippen molar-refractivity contribution in [2.75, 3.05) is 13.1 Å². The first-order chi connectivity index (χ1) is 19.9. The van der Waals surface area contributed by atoms with E-state index in [-0.39, 0.29) is 42.4 Å². The number of carboxylic acid groups (broad SMARTS) is 1. The number of halogens is 3. The first-order valence-electron chi connectivity index (χ1n) is 14.4. The number of benzene rings is 1. The van der Waals surface area contributed by atoms with Gasteiger partial charge in [-0.25, -0.2) is 13.5 Å². The lowest BCUT2D eigenvalue weighted by atomic mass is 9.66. The molecule has 4 atom stereocenters. The first kappa shape index (κ1) is 30.2. The highest BCUT2D eigenvalue weighted by atomic mass is 35.5. The first-order valence-corrected chi connectivity index (χ1v) is 14.8. The van der Waals surface area contributed by atoms with Crippen LogP contribution in [0, 0.1) is 11.3 Å². The van der Waals surface area contributed by atoms with Gasteiger partial charge in [-0.3, -0.25) is 14.4 Å². The minimum absolute atomic E-state index is 0.0146. The highest BCUT2D eigenvalue weighted by molar-refractivity contribution is 6.31. The van der Waals surface area contributed by atoms with Crippen molar-refractivity contribution in [2.45, 2.75) is 83.9 Å². The summed E-state index contributed by atoms with van der Waals surface area (Å²) in [6.07, 6.45) is 1.02. The quantitative estimate of drug-likeness (QED) is 0.462. The molecular weight excluding hydrogens is 572 g/mol. The van der Waals surface area contributed by atoms with Crippen molar-refractivity contribution in [3.05, 3.63) is 39.7 Å². The fourth-order valence-electron chi connectivity index (χ4n) is 6.81. The van der Waals surface area contributed by atoms with Gasteiger partial charge in [0.25, 0.3) is 6.43 Å². The summed E-state index contributed by atoms with van der Waals surface area (Å²) < 4.78 is 34.5. The number of carbonyl (C=O) groups excluding carboxylic acids is 2. The zero-order valence-electron chi connectivity index (χ0n) is 24.0. The summed E-state index contributed by atoms with van der Waals surface area (Å²) in [7, 11) is 1.38. The number of ether oxygens (including phenoxy) is 1. The van der Waals surface area contributed by atoms with E-state index in [1.807, 2.05) is 6.92 Å². The van der Waals surface area contributed by atoms with Crippen LogP contribution >= 0.6 is 11.6 Å². The van der Waals surface area contributed by atoms with Crippen molar-refractivity contribution in [3.8, 4) is 5.75 Å². The molecule has 42 heavy (non-hydrogen) atoms. The van der Waals surface area contributed by atoms with Crippen LogP contribution in [0.5, 0.6) is 5.75 Å². The van der Waals surface area contributed by atoms with Gasteiger partial charge >= 0.3 is 5.97 Å². The minimum Gasteiger partial charge on any atom is -0.487 e. The summed E-state index contributed by atoms with van der Waals surface area (Å²) in [4.78, 5) is 43.0. The second-order valence-electron chi connectivity index (χ2n) is 11.8. The van der Waals surface area contributed by atoms with Crippen LogP contribution in [0.1, 0.15) is 87.4 Å². The predicted octanol–water partition coefficient (Wildman–Crippen LogP) is 4.70. The van der Waals surface area contributed by atoms with Crippen molar-refractivity contribution in [3.63, 3.8) is 0 Å². The second kappa shape index (κ2) is 11.8. The molecule has 2 aliphatic heterocycles. The molecule has 3 heterocycles. The van der Waals surface area contributed by atoms with Gasteiger partial charge in [0.15, 0.2) is 0 Å². The molecule has 5 rings (SSSR count). The molecule has 0 bridgehead atoms. The number of aromatic nitrogens is 3. The molecule has 1 aromatic carbocycles. The van der Waals surface area contributed by atoms with E-state index in [0.29, 0.717) is 55.0 Å². The van der Waals surface area contributed by atoms with Crippen LogP contribution in [0.15, 0.2) is 12.1 Å². The molecule has 3 aliphatic rings. The zero-order chi connectivity index (χ0) is 30.3. The van der Waals surface area contributed by atoms with E-state index in [4.69, 9.17) is 16.3 Å². The Morgan fingerprint density at radius 2 is 2.00 bits per heavy atom. The van der Waals surface area contributed by atoms with Gasteiger partial charge in [0, 0.05) is 43.2 Å². The van der Waals surface area contributed by atoms with Gasteiger partial charge in [0.1, 0.15) is 23.7 Å². The largest absolute Gasteiger partial charge is 0.487 e. The maximum Gasteiger partial charge on any atom is 0.310 e. The molecule has 2 amide bonds. The van der Waals surface area contributed by atoms with E-state index in [0.717, 1.165) is 23.1 Å². The van der Waals surface area contributed by atoms with Crippen LogP contribution in [0.25, 0.3) is 0 Å².